The van der Waals surface area contributed by atoms with E-state index in [0.29, 0.717) is 11.5 Å². The fourth-order valence-electron chi connectivity index (χ4n) is 2.61. The van der Waals surface area contributed by atoms with E-state index in [2.05, 4.69) is 17.0 Å². The van der Waals surface area contributed by atoms with Crippen molar-refractivity contribution in [3.63, 3.8) is 0 Å². The van der Waals surface area contributed by atoms with E-state index in [4.69, 9.17) is 10.6 Å². The summed E-state index contributed by atoms with van der Waals surface area (Å²) in [5, 5.41) is 14.1. The lowest BCUT2D eigenvalue weighted by atomic mass is 9.99. The van der Waals surface area contributed by atoms with Gasteiger partial charge in [0.25, 0.3) is 0 Å². The molecule has 1 aliphatic rings. The number of urea groups is 1. The van der Waals surface area contributed by atoms with E-state index in [0.717, 1.165) is 22.4 Å². The standard InChI is InChI=1S/C20H19N3O3/c1-14(23(25)20(21)24)10-11-15-6-5-9-17(12-15)18-13-19(26-22-18)16-7-3-2-4-8-16/h2-9,12,14,19,25H,13H2,1H3,(H2,21,24). The van der Waals surface area contributed by atoms with Crippen LogP contribution in [0, 0.1) is 11.8 Å². The summed E-state index contributed by atoms with van der Waals surface area (Å²) in [7, 11) is 0. The van der Waals surface area contributed by atoms with Crippen molar-refractivity contribution in [1.29, 1.82) is 0 Å². The molecule has 1 heterocycles. The monoisotopic (exact) mass is 349 g/mol. The third kappa shape index (κ3) is 4.02. The Labute approximate surface area is 151 Å². The lowest BCUT2D eigenvalue weighted by Crippen LogP contribution is -2.38. The highest BCUT2D eigenvalue weighted by molar-refractivity contribution is 6.01. The number of hydroxylamine groups is 2. The smallest absolute Gasteiger partial charge is 0.339 e. The van der Waals surface area contributed by atoms with Crippen LogP contribution < -0.4 is 5.73 Å². The van der Waals surface area contributed by atoms with E-state index in [1.807, 2.05) is 54.6 Å². The van der Waals surface area contributed by atoms with Crippen LogP contribution in [-0.2, 0) is 4.84 Å². The van der Waals surface area contributed by atoms with Gasteiger partial charge in [-0.1, -0.05) is 59.5 Å². The van der Waals surface area contributed by atoms with Crippen LogP contribution in [0.3, 0.4) is 0 Å². The molecule has 6 nitrogen and oxygen atoms in total. The van der Waals surface area contributed by atoms with Crippen LogP contribution in [0.2, 0.25) is 0 Å². The molecule has 1 aliphatic heterocycles. The van der Waals surface area contributed by atoms with Crippen LogP contribution in [0.5, 0.6) is 0 Å². The molecule has 0 saturated carbocycles. The molecule has 0 saturated heterocycles. The zero-order chi connectivity index (χ0) is 18.5. The van der Waals surface area contributed by atoms with Crippen LogP contribution in [0.1, 0.15) is 36.1 Å². The number of nitrogens with zero attached hydrogens (tertiary/aromatic N) is 2. The molecule has 0 radical (unpaired) electrons. The predicted octanol–water partition coefficient (Wildman–Crippen LogP) is 3.06. The molecule has 2 aromatic rings. The Morgan fingerprint density at radius 2 is 2.08 bits per heavy atom. The molecule has 132 valence electrons. The highest BCUT2D eigenvalue weighted by atomic mass is 16.6. The van der Waals surface area contributed by atoms with Gasteiger partial charge in [-0.2, -0.15) is 5.06 Å². The third-order valence-electron chi connectivity index (χ3n) is 4.05. The number of primary amides is 1. The Balaban J connectivity index is 1.72. The summed E-state index contributed by atoms with van der Waals surface area (Å²) in [6.07, 6.45) is 0.600. The lowest BCUT2D eigenvalue weighted by Gasteiger charge is -2.14. The maximum absolute atomic E-state index is 10.9. The Bertz CT molecular complexity index is 884. The molecule has 26 heavy (non-hydrogen) atoms. The average Bonchev–Trinajstić information content (AvgIpc) is 3.16. The van der Waals surface area contributed by atoms with Crippen molar-refractivity contribution in [2.24, 2.45) is 10.9 Å². The van der Waals surface area contributed by atoms with Crippen LogP contribution in [0.15, 0.2) is 59.8 Å². The fourth-order valence-corrected chi connectivity index (χ4v) is 2.61. The maximum Gasteiger partial charge on any atom is 0.339 e. The van der Waals surface area contributed by atoms with E-state index >= 15 is 0 Å². The SMILES string of the molecule is CC(C#Cc1cccc(C2=NOC(c3ccccc3)C2)c1)N(O)C(N)=O. The zero-order valence-corrected chi connectivity index (χ0v) is 14.3. The van der Waals surface area contributed by atoms with Crippen molar-refractivity contribution in [3.8, 4) is 11.8 Å². The first kappa shape index (κ1) is 17.5. The zero-order valence-electron chi connectivity index (χ0n) is 14.3. The van der Waals surface area contributed by atoms with Gasteiger partial charge in [0.1, 0.15) is 6.04 Å². The molecule has 2 unspecified atom stereocenters. The summed E-state index contributed by atoms with van der Waals surface area (Å²) in [5.74, 6) is 5.72. The van der Waals surface area contributed by atoms with Crippen molar-refractivity contribution in [2.75, 3.05) is 0 Å². The van der Waals surface area contributed by atoms with Crippen molar-refractivity contribution < 1.29 is 14.8 Å². The topological polar surface area (TPSA) is 88.2 Å². The quantitative estimate of drug-likeness (QED) is 0.507. The normalized spacial score (nSPS) is 16.7. The Morgan fingerprint density at radius 1 is 1.31 bits per heavy atom. The highest BCUT2D eigenvalue weighted by Crippen LogP contribution is 2.29. The second-order valence-electron chi connectivity index (χ2n) is 5.96. The predicted molar refractivity (Wildman–Crippen MR) is 97.4 cm³/mol. The second-order valence-corrected chi connectivity index (χ2v) is 5.96. The van der Waals surface area contributed by atoms with Gasteiger partial charge in [0.05, 0.1) is 5.71 Å². The Morgan fingerprint density at radius 3 is 2.81 bits per heavy atom. The maximum atomic E-state index is 10.9. The van der Waals surface area contributed by atoms with Crippen LogP contribution in [-0.4, -0.2) is 28.1 Å². The molecule has 0 fully saturated rings. The lowest BCUT2D eigenvalue weighted by molar-refractivity contribution is -0.0536. The van der Waals surface area contributed by atoms with E-state index < -0.39 is 12.1 Å². The number of rotatable bonds is 3. The number of hydrogen-bond acceptors (Lipinski definition) is 4. The van der Waals surface area contributed by atoms with Crippen LogP contribution in [0.4, 0.5) is 4.79 Å². The van der Waals surface area contributed by atoms with E-state index in [1.165, 1.54) is 0 Å². The summed E-state index contributed by atoms with van der Waals surface area (Å²) in [4.78, 5) is 16.5. The van der Waals surface area contributed by atoms with Gasteiger partial charge in [-0.25, -0.2) is 4.79 Å². The van der Waals surface area contributed by atoms with E-state index in [1.54, 1.807) is 6.92 Å². The van der Waals surface area contributed by atoms with Gasteiger partial charge in [-0.15, -0.1) is 0 Å². The molecule has 0 aromatic heterocycles. The van der Waals surface area contributed by atoms with Crippen molar-refractivity contribution in [2.45, 2.75) is 25.5 Å². The first-order valence-electron chi connectivity index (χ1n) is 8.22. The number of hydrogen-bond donors (Lipinski definition) is 2. The van der Waals surface area contributed by atoms with Gasteiger partial charge in [0.2, 0.25) is 0 Å². The summed E-state index contributed by atoms with van der Waals surface area (Å²) < 4.78 is 0. The molecule has 3 rings (SSSR count). The molecule has 2 atom stereocenters. The van der Waals surface area contributed by atoms with Gasteiger partial charge >= 0.3 is 6.03 Å². The van der Waals surface area contributed by atoms with Gasteiger partial charge < -0.3 is 10.6 Å². The van der Waals surface area contributed by atoms with Crippen LogP contribution >= 0.6 is 0 Å². The largest absolute Gasteiger partial charge is 0.387 e. The number of nitrogens with two attached hydrogens (primary N) is 1. The molecule has 0 aliphatic carbocycles. The summed E-state index contributed by atoms with van der Waals surface area (Å²) >= 11 is 0. The second kappa shape index (κ2) is 7.72. The Hall–Kier alpha value is -3.30. The molecular formula is C20H19N3O3. The first-order valence-corrected chi connectivity index (χ1v) is 8.22. The number of carbonyl (C=O) groups excluding carboxylic acids is 1. The molecule has 2 aromatic carbocycles. The van der Waals surface area contributed by atoms with Gasteiger partial charge in [0, 0.05) is 17.5 Å². The van der Waals surface area contributed by atoms with Crippen molar-refractivity contribution in [1.82, 2.24) is 5.06 Å². The van der Waals surface area contributed by atoms with Crippen molar-refractivity contribution >= 4 is 11.7 Å². The van der Waals surface area contributed by atoms with E-state index in [9.17, 15) is 10.0 Å². The highest BCUT2D eigenvalue weighted by Gasteiger charge is 2.23. The minimum Gasteiger partial charge on any atom is -0.387 e. The number of benzene rings is 2. The van der Waals surface area contributed by atoms with Crippen molar-refractivity contribution in [3.05, 3.63) is 71.3 Å². The third-order valence-corrected chi connectivity index (χ3v) is 4.05. The van der Waals surface area contributed by atoms with Gasteiger partial charge in [-0.05, 0) is 24.6 Å². The molecule has 0 bridgehead atoms. The Kier molecular flexibility index (Phi) is 5.20. The number of oxime groups is 1. The fraction of sp³-hybridized carbons (Fsp3) is 0.200. The summed E-state index contributed by atoms with van der Waals surface area (Å²) in [6, 6.07) is 15.9. The molecule has 6 heteroatoms. The average molecular weight is 349 g/mol. The molecular weight excluding hydrogens is 330 g/mol. The van der Waals surface area contributed by atoms with Crippen LogP contribution in [0.25, 0.3) is 0 Å². The van der Waals surface area contributed by atoms with E-state index in [-0.39, 0.29) is 6.10 Å². The minimum atomic E-state index is -0.940. The number of carbonyl (C=O) groups is 1. The number of amides is 2. The minimum absolute atomic E-state index is 0.0838. The van der Waals surface area contributed by atoms with Gasteiger partial charge in [-0.3, -0.25) is 5.21 Å². The first-order chi connectivity index (χ1) is 12.5. The molecule has 3 N–H and O–H groups in total. The summed E-state index contributed by atoms with van der Waals surface area (Å²) in [5.41, 5.74) is 8.64. The van der Waals surface area contributed by atoms with Gasteiger partial charge in [0.15, 0.2) is 6.10 Å². The molecule has 0 spiro atoms. The summed E-state index contributed by atoms with van der Waals surface area (Å²) in [6.45, 7) is 1.58. The molecule has 2 amide bonds.